The number of rotatable bonds is 3. The van der Waals surface area contributed by atoms with Gasteiger partial charge in [0.05, 0.1) is 19.3 Å². The maximum absolute atomic E-state index is 5.48. The molecule has 1 aliphatic heterocycles. The molecule has 0 aromatic rings. The van der Waals surface area contributed by atoms with E-state index in [2.05, 4.69) is 29.2 Å². The molecule has 0 aromatic carbocycles. The molecule has 0 amide bonds. The normalized spacial score (nSPS) is 23.0. The molecule has 0 bridgehead atoms. The first-order valence-electron chi connectivity index (χ1n) is 5.65. The lowest BCUT2D eigenvalue weighted by molar-refractivity contribution is 0.0315. The van der Waals surface area contributed by atoms with Gasteiger partial charge in [0.2, 0.25) is 5.96 Å². The lowest BCUT2D eigenvalue weighted by atomic mass is 10.3. The minimum atomic E-state index is 0.343. The smallest absolute Gasteiger partial charge is 0.208 e. The van der Waals surface area contributed by atoms with Crippen LogP contribution in [0.3, 0.4) is 0 Å². The molecular weight excluding hydrogens is 192 g/mol. The van der Waals surface area contributed by atoms with Crippen LogP contribution in [-0.2, 0) is 4.74 Å². The number of hydrogen-bond acceptors (Lipinski definition) is 3. The Labute approximate surface area is 91.6 Å². The highest BCUT2D eigenvalue weighted by molar-refractivity contribution is 5.79. The Balaban J connectivity index is 2.51. The average molecular weight is 214 g/mol. The average Bonchev–Trinajstić information content (AvgIpc) is 2.26. The molecule has 0 aliphatic carbocycles. The minimum absolute atomic E-state index is 0.343. The summed E-state index contributed by atoms with van der Waals surface area (Å²) < 4.78 is 5.37. The Kier molecular flexibility index (Phi) is 5.42. The van der Waals surface area contributed by atoms with Crippen molar-refractivity contribution < 1.29 is 4.74 Å². The van der Waals surface area contributed by atoms with Gasteiger partial charge in [0.1, 0.15) is 0 Å². The van der Waals surface area contributed by atoms with E-state index < -0.39 is 0 Å². The third kappa shape index (κ3) is 3.68. The van der Waals surface area contributed by atoms with Gasteiger partial charge in [-0.3, -0.25) is 10.4 Å². The first-order valence-corrected chi connectivity index (χ1v) is 5.65. The van der Waals surface area contributed by atoms with E-state index in [-0.39, 0.29) is 0 Å². The minimum Gasteiger partial charge on any atom is -0.377 e. The molecule has 0 spiro atoms. The van der Waals surface area contributed by atoms with E-state index in [0.29, 0.717) is 6.04 Å². The number of morpholine rings is 1. The lowest BCUT2D eigenvalue weighted by Gasteiger charge is -2.35. The van der Waals surface area contributed by atoms with E-state index in [4.69, 9.17) is 10.6 Å². The lowest BCUT2D eigenvalue weighted by Crippen LogP contribution is -2.53. The summed E-state index contributed by atoms with van der Waals surface area (Å²) in [4.78, 5) is 6.62. The second-order valence-electron chi connectivity index (χ2n) is 3.82. The molecule has 3 N–H and O–H groups in total. The van der Waals surface area contributed by atoms with Crippen LogP contribution < -0.4 is 11.3 Å². The van der Waals surface area contributed by atoms with Crippen LogP contribution in [0, 0.1) is 0 Å². The number of nitrogens with two attached hydrogens (primary N) is 1. The molecule has 0 radical (unpaired) electrons. The quantitative estimate of drug-likeness (QED) is 0.234. The van der Waals surface area contributed by atoms with Crippen molar-refractivity contribution in [2.24, 2.45) is 10.8 Å². The second kappa shape index (κ2) is 6.63. The van der Waals surface area contributed by atoms with Gasteiger partial charge in [-0.25, -0.2) is 5.84 Å². The van der Waals surface area contributed by atoms with Gasteiger partial charge < -0.3 is 9.64 Å². The largest absolute Gasteiger partial charge is 0.377 e. The van der Waals surface area contributed by atoms with Crippen molar-refractivity contribution in [3.8, 4) is 0 Å². The Morgan fingerprint density at radius 3 is 3.07 bits per heavy atom. The predicted molar refractivity (Wildman–Crippen MR) is 61.5 cm³/mol. The summed E-state index contributed by atoms with van der Waals surface area (Å²) in [6, 6.07) is 0.343. The number of unbranched alkanes of at least 4 members (excludes halogenated alkanes) is 1. The Morgan fingerprint density at radius 2 is 2.47 bits per heavy atom. The van der Waals surface area contributed by atoms with Crippen molar-refractivity contribution in [2.45, 2.75) is 32.7 Å². The van der Waals surface area contributed by atoms with E-state index in [0.717, 1.165) is 45.1 Å². The van der Waals surface area contributed by atoms with Crippen LogP contribution in [0.25, 0.3) is 0 Å². The second-order valence-corrected chi connectivity index (χ2v) is 3.82. The standard InChI is InChI=1S/C10H22N4O/c1-3-4-5-12-10(13-11)14-6-7-15-8-9(14)2/h9H,3-8,11H2,1-2H3,(H,12,13). The van der Waals surface area contributed by atoms with E-state index in [1.54, 1.807) is 0 Å². The Morgan fingerprint density at radius 1 is 1.67 bits per heavy atom. The highest BCUT2D eigenvalue weighted by Gasteiger charge is 2.21. The van der Waals surface area contributed by atoms with E-state index in [9.17, 15) is 0 Å². The monoisotopic (exact) mass is 214 g/mol. The summed E-state index contributed by atoms with van der Waals surface area (Å²) in [6.45, 7) is 7.46. The number of hydrazine groups is 1. The van der Waals surface area contributed by atoms with Crippen molar-refractivity contribution in [3.05, 3.63) is 0 Å². The first-order chi connectivity index (χ1) is 7.29. The highest BCUT2D eigenvalue weighted by atomic mass is 16.5. The summed E-state index contributed by atoms with van der Waals surface area (Å²) in [5.41, 5.74) is 2.68. The summed E-state index contributed by atoms with van der Waals surface area (Å²) >= 11 is 0. The Hall–Kier alpha value is -0.810. The number of ether oxygens (including phenoxy) is 1. The molecule has 1 unspecified atom stereocenters. The van der Waals surface area contributed by atoms with E-state index >= 15 is 0 Å². The van der Waals surface area contributed by atoms with Gasteiger partial charge in [0.15, 0.2) is 0 Å². The van der Waals surface area contributed by atoms with Crippen molar-refractivity contribution in [1.29, 1.82) is 0 Å². The molecule has 0 aromatic heterocycles. The fourth-order valence-electron chi connectivity index (χ4n) is 1.60. The first kappa shape index (κ1) is 12.3. The molecule has 5 heteroatoms. The zero-order valence-electron chi connectivity index (χ0n) is 9.70. The van der Waals surface area contributed by atoms with Crippen molar-refractivity contribution in [2.75, 3.05) is 26.3 Å². The van der Waals surface area contributed by atoms with E-state index in [1.807, 2.05) is 0 Å². The van der Waals surface area contributed by atoms with Gasteiger partial charge in [-0.05, 0) is 13.3 Å². The van der Waals surface area contributed by atoms with Gasteiger partial charge in [-0.1, -0.05) is 13.3 Å². The third-order valence-electron chi connectivity index (χ3n) is 2.54. The summed E-state index contributed by atoms with van der Waals surface area (Å²) in [6.07, 6.45) is 2.25. The topological polar surface area (TPSA) is 62.9 Å². The van der Waals surface area contributed by atoms with Crippen molar-refractivity contribution in [1.82, 2.24) is 10.3 Å². The zero-order valence-corrected chi connectivity index (χ0v) is 9.70. The van der Waals surface area contributed by atoms with E-state index in [1.165, 1.54) is 0 Å². The van der Waals surface area contributed by atoms with Crippen LogP contribution in [0.2, 0.25) is 0 Å². The Bertz CT molecular complexity index is 208. The number of aliphatic imine (C=N–C) groups is 1. The molecule has 1 rings (SSSR count). The van der Waals surface area contributed by atoms with Gasteiger partial charge in [-0.2, -0.15) is 0 Å². The number of guanidine groups is 1. The number of hydrogen-bond donors (Lipinski definition) is 2. The van der Waals surface area contributed by atoms with Crippen LogP contribution in [0.15, 0.2) is 4.99 Å². The molecule has 1 aliphatic rings. The number of nitrogens with one attached hydrogen (secondary N) is 1. The van der Waals surface area contributed by atoms with Crippen LogP contribution in [0.1, 0.15) is 26.7 Å². The van der Waals surface area contributed by atoms with Gasteiger partial charge in [0, 0.05) is 13.1 Å². The molecule has 88 valence electrons. The van der Waals surface area contributed by atoms with Crippen LogP contribution in [0.5, 0.6) is 0 Å². The molecule has 0 saturated carbocycles. The van der Waals surface area contributed by atoms with Crippen LogP contribution in [-0.4, -0.2) is 43.2 Å². The fraction of sp³-hybridized carbons (Fsp3) is 0.900. The molecule has 5 nitrogen and oxygen atoms in total. The van der Waals surface area contributed by atoms with Crippen molar-refractivity contribution >= 4 is 5.96 Å². The van der Waals surface area contributed by atoms with Gasteiger partial charge in [-0.15, -0.1) is 0 Å². The molecule has 1 saturated heterocycles. The fourth-order valence-corrected chi connectivity index (χ4v) is 1.60. The van der Waals surface area contributed by atoms with Crippen LogP contribution in [0.4, 0.5) is 0 Å². The summed E-state index contributed by atoms with van der Waals surface area (Å²) in [5, 5.41) is 0. The highest BCUT2D eigenvalue weighted by Crippen LogP contribution is 2.06. The summed E-state index contributed by atoms with van der Waals surface area (Å²) in [7, 11) is 0. The van der Waals surface area contributed by atoms with Gasteiger partial charge in [0.25, 0.3) is 0 Å². The summed E-state index contributed by atoms with van der Waals surface area (Å²) in [5.74, 6) is 6.28. The third-order valence-corrected chi connectivity index (χ3v) is 2.54. The maximum Gasteiger partial charge on any atom is 0.208 e. The zero-order chi connectivity index (χ0) is 11.1. The molecule has 1 fully saturated rings. The molecule has 15 heavy (non-hydrogen) atoms. The number of nitrogens with zero attached hydrogens (tertiary/aromatic N) is 2. The molecule has 1 heterocycles. The molecular formula is C10H22N4O. The SMILES string of the molecule is CCCCN=C(NN)N1CCOCC1C. The van der Waals surface area contributed by atoms with Gasteiger partial charge >= 0.3 is 0 Å². The van der Waals surface area contributed by atoms with Crippen molar-refractivity contribution in [3.63, 3.8) is 0 Å². The maximum atomic E-state index is 5.48. The van der Waals surface area contributed by atoms with Crippen LogP contribution >= 0.6 is 0 Å². The molecule has 1 atom stereocenters. The predicted octanol–water partition coefficient (Wildman–Crippen LogP) is 0.327.